The first kappa shape index (κ1) is 25.5. The highest BCUT2D eigenvalue weighted by Crippen LogP contribution is 2.50. The fraction of sp³-hybridized carbons (Fsp3) is 0. The molecule has 226 valence electrons. The first-order valence-electron chi connectivity index (χ1n) is 16.9. The third-order valence-corrected chi connectivity index (χ3v) is 10.8. The van der Waals surface area contributed by atoms with Gasteiger partial charge in [0, 0.05) is 38.0 Å². The molecule has 0 bridgehead atoms. The van der Waals surface area contributed by atoms with Crippen LogP contribution in [-0.4, -0.2) is 9.13 Å². The van der Waals surface area contributed by atoms with Crippen LogP contribution in [0.3, 0.4) is 0 Å². The Bertz CT molecular complexity index is 3180. The van der Waals surface area contributed by atoms with Gasteiger partial charge in [-0.2, -0.15) is 0 Å². The maximum absolute atomic E-state index is 6.44. The molecule has 11 aromatic rings. The van der Waals surface area contributed by atoms with Gasteiger partial charge in [-0.1, -0.05) is 103 Å². The highest BCUT2D eigenvalue weighted by atomic mass is 16.3. The van der Waals surface area contributed by atoms with E-state index in [4.69, 9.17) is 4.42 Å². The summed E-state index contributed by atoms with van der Waals surface area (Å²) in [6.45, 7) is 0. The van der Waals surface area contributed by atoms with Crippen LogP contribution in [-0.2, 0) is 0 Å². The monoisotopic (exact) mass is 622 g/mol. The summed E-state index contributed by atoms with van der Waals surface area (Å²) < 4.78 is 11.4. The van der Waals surface area contributed by atoms with Crippen molar-refractivity contribution in [3.05, 3.63) is 158 Å². The van der Waals surface area contributed by atoms with Gasteiger partial charge in [-0.05, 0) is 82.2 Å². The van der Waals surface area contributed by atoms with Crippen LogP contribution in [0, 0.1) is 0 Å². The molecule has 0 aliphatic heterocycles. The van der Waals surface area contributed by atoms with Crippen LogP contribution in [0.25, 0.3) is 110 Å². The zero-order valence-electron chi connectivity index (χ0n) is 26.3. The zero-order chi connectivity index (χ0) is 31.8. The molecule has 3 nitrogen and oxygen atoms in total. The van der Waals surface area contributed by atoms with E-state index in [-0.39, 0.29) is 0 Å². The summed E-state index contributed by atoms with van der Waals surface area (Å²) >= 11 is 0. The number of furan rings is 1. The first-order chi connectivity index (χ1) is 24.3. The minimum absolute atomic E-state index is 0.904. The number of nitrogens with zero attached hydrogens (tertiary/aromatic N) is 2. The second kappa shape index (κ2) is 9.06. The van der Waals surface area contributed by atoms with Gasteiger partial charge in [-0.15, -0.1) is 0 Å². The van der Waals surface area contributed by atoms with Gasteiger partial charge in [0.2, 0.25) is 0 Å². The maximum Gasteiger partial charge on any atom is 0.137 e. The Labute approximate surface area is 280 Å². The topological polar surface area (TPSA) is 23.0 Å². The SMILES string of the molecule is c1ccc(-n2c3ccc4c(c5ccccc5n4-c4ccc5c6c(cccc46)-c4ccccc4-5)c3c3ccc4oc5ccccc5c4c32)cc1. The predicted molar refractivity (Wildman–Crippen MR) is 204 cm³/mol. The van der Waals surface area contributed by atoms with Crippen molar-refractivity contribution in [3.63, 3.8) is 0 Å². The van der Waals surface area contributed by atoms with Crippen LogP contribution in [0.5, 0.6) is 0 Å². The molecule has 0 fully saturated rings. The van der Waals surface area contributed by atoms with Crippen molar-refractivity contribution in [3.8, 4) is 33.6 Å². The van der Waals surface area contributed by atoms with Crippen molar-refractivity contribution in [2.24, 2.45) is 0 Å². The molecule has 0 N–H and O–H groups in total. The van der Waals surface area contributed by atoms with Crippen molar-refractivity contribution < 1.29 is 4.42 Å². The van der Waals surface area contributed by atoms with Gasteiger partial charge in [0.1, 0.15) is 11.2 Å². The lowest BCUT2D eigenvalue weighted by molar-refractivity contribution is 0.669. The third kappa shape index (κ3) is 3.13. The van der Waals surface area contributed by atoms with Crippen LogP contribution in [0.15, 0.2) is 162 Å². The lowest BCUT2D eigenvalue weighted by Gasteiger charge is -2.13. The van der Waals surface area contributed by atoms with Gasteiger partial charge in [-0.25, -0.2) is 0 Å². The van der Waals surface area contributed by atoms with Crippen molar-refractivity contribution in [2.75, 3.05) is 0 Å². The molecule has 3 aromatic heterocycles. The van der Waals surface area contributed by atoms with Crippen LogP contribution in [0.1, 0.15) is 0 Å². The summed E-state index contributed by atoms with van der Waals surface area (Å²) in [6, 6.07) is 57.4. The number of aromatic nitrogens is 2. The summed E-state index contributed by atoms with van der Waals surface area (Å²) in [5, 5.41) is 9.90. The predicted octanol–water partition coefficient (Wildman–Crippen LogP) is 12.6. The Morgan fingerprint density at radius 2 is 0.980 bits per heavy atom. The minimum atomic E-state index is 0.904. The molecule has 0 atom stereocenters. The molecular weight excluding hydrogens is 597 g/mol. The molecule has 0 unspecified atom stereocenters. The Hall–Kier alpha value is -6.58. The molecule has 1 aliphatic carbocycles. The van der Waals surface area contributed by atoms with E-state index in [1.165, 1.54) is 82.3 Å². The number of benzene rings is 8. The molecule has 12 rings (SSSR count). The summed E-state index contributed by atoms with van der Waals surface area (Å²) in [5.41, 5.74) is 14.2. The van der Waals surface area contributed by atoms with E-state index >= 15 is 0 Å². The highest BCUT2D eigenvalue weighted by Gasteiger charge is 2.26. The average molecular weight is 623 g/mol. The Balaban J connectivity index is 1.27. The number of para-hydroxylation sites is 3. The molecule has 0 amide bonds. The van der Waals surface area contributed by atoms with Crippen LogP contribution < -0.4 is 0 Å². The molecule has 49 heavy (non-hydrogen) atoms. The second-order valence-corrected chi connectivity index (χ2v) is 13.2. The van der Waals surface area contributed by atoms with E-state index < -0.39 is 0 Å². The summed E-state index contributed by atoms with van der Waals surface area (Å²) in [6.07, 6.45) is 0. The van der Waals surface area contributed by atoms with Gasteiger partial charge in [0.15, 0.2) is 0 Å². The zero-order valence-corrected chi connectivity index (χ0v) is 26.3. The van der Waals surface area contributed by atoms with Crippen molar-refractivity contribution in [1.29, 1.82) is 0 Å². The van der Waals surface area contributed by atoms with E-state index in [1.54, 1.807) is 0 Å². The van der Waals surface area contributed by atoms with E-state index in [2.05, 4.69) is 161 Å². The van der Waals surface area contributed by atoms with Crippen LogP contribution >= 0.6 is 0 Å². The van der Waals surface area contributed by atoms with Crippen LogP contribution in [0.2, 0.25) is 0 Å². The van der Waals surface area contributed by atoms with Gasteiger partial charge < -0.3 is 13.6 Å². The average Bonchev–Trinajstić information content (AvgIpc) is 3.89. The fourth-order valence-corrected chi connectivity index (χ4v) is 8.95. The smallest absolute Gasteiger partial charge is 0.137 e. The molecule has 0 radical (unpaired) electrons. The molecule has 0 saturated carbocycles. The molecule has 8 aromatic carbocycles. The Kier molecular flexibility index (Phi) is 4.72. The lowest BCUT2D eigenvalue weighted by Crippen LogP contribution is -1.96. The fourth-order valence-electron chi connectivity index (χ4n) is 8.95. The van der Waals surface area contributed by atoms with E-state index in [0.717, 1.165) is 27.6 Å². The molecule has 0 saturated heterocycles. The number of hydrogen-bond acceptors (Lipinski definition) is 1. The summed E-state index contributed by atoms with van der Waals surface area (Å²) in [5.74, 6) is 0. The quantitative estimate of drug-likeness (QED) is 0.188. The molecule has 3 heteroatoms. The van der Waals surface area contributed by atoms with Gasteiger partial charge >= 0.3 is 0 Å². The van der Waals surface area contributed by atoms with Crippen molar-refractivity contribution >= 4 is 76.3 Å². The molecule has 3 heterocycles. The summed E-state index contributed by atoms with van der Waals surface area (Å²) in [4.78, 5) is 0. The van der Waals surface area contributed by atoms with Gasteiger partial charge in [0.05, 0.1) is 33.1 Å². The van der Waals surface area contributed by atoms with Crippen molar-refractivity contribution in [2.45, 2.75) is 0 Å². The minimum Gasteiger partial charge on any atom is -0.456 e. The third-order valence-electron chi connectivity index (χ3n) is 10.8. The molecule has 0 spiro atoms. The lowest BCUT2D eigenvalue weighted by atomic mass is 10.0. The number of hydrogen-bond donors (Lipinski definition) is 0. The number of rotatable bonds is 2. The van der Waals surface area contributed by atoms with E-state index in [9.17, 15) is 0 Å². The van der Waals surface area contributed by atoms with Gasteiger partial charge in [-0.3, -0.25) is 0 Å². The molecule has 1 aliphatic rings. The Morgan fingerprint density at radius 1 is 0.327 bits per heavy atom. The second-order valence-electron chi connectivity index (χ2n) is 13.2. The van der Waals surface area contributed by atoms with E-state index in [1.807, 2.05) is 6.07 Å². The standard InChI is InChI=1S/C46H26N2O/c1-2-11-27(12-3-1)47-38-24-25-39-43(44(38)35-22-26-41-45(46(35)47)34-16-7-9-20-40(34)49-41)33-15-6-8-19-36(33)48(39)37-23-21-31-29-14-5-4-13-28(29)30-17-10-18-32(37)42(30)31/h1-26H. The first-order valence-corrected chi connectivity index (χ1v) is 16.9. The molecular formula is C46H26N2O. The Morgan fingerprint density at radius 3 is 1.84 bits per heavy atom. The normalized spacial score (nSPS) is 12.5. The van der Waals surface area contributed by atoms with E-state index in [0.29, 0.717) is 0 Å². The highest BCUT2D eigenvalue weighted by molar-refractivity contribution is 6.33. The largest absolute Gasteiger partial charge is 0.456 e. The van der Waals surface area contributed by atoms with Crippen LogP contribution in [0.4, 0.5) is 0 Å². The maximum atomic E-state index is 6.44. The number of fused-ring (bicyclic) bond motifs is 14. The van der Waals surface area contributed by atoms with Gasteiger partial charge in [0.25, 0.3) is 0 Å². The summed E-state index contributed by atoms with van der Waals surface area (Å²) in [7, 11) is 0. The van der Waals surface area contributed by atoms with Crippen molar-refractivity contribution in [1.82, 2.24) is 9.13 Å².